The van der Waals surface area contributed by atoms with Crippen molar-refractivity contribution in [3.63, 3.8) is 0 Å². The molecule has 0 aliphatic heterocycles. The number of amides is 1. The number of anilines is 1. The van der Waals surface area contributed by atoms with Crippen molar-refractivity contribution in [3.8, 4) is 0 Å². The molecular weight excluding hydrogens is 447 g/mol. The number of sulfone groups is 1. The van der Waals surface area contributed by atoms with Gasteiger partial charge in [-0.3, -0.25) is 4.79 Å². The fraction of sp³-hybridized carbons (Fsp3) is 0.105. The molecule has 29 heavy (non-hydrogen) atoms. The molecule has 4 nitrogen and oxygen atoms in total. The quantitative estimate of drug-likeness (QED) is 0.535. The van der Waals surface area contributed by atoms with E-state index in [9.17, 15) is 26.4 Å². The molecule has 10 heteroatoms. The van der Waals surface area contributed by atoms with Gasteiger partial charge in [-0.05, 0) is 49.4 Å². The fourth-order valence-electron chi connectivity index (χ4n) is 2.43. The molecule has 1 N–H and O–H groups in total. The molecule has 1 amide bonds. The average Bonchev–Trinajstić information content (AvgIpc) is 3.14. The van der Waals surface area contributed by atoms with Gasteiger partial charge in [0.25, 0.3) is 5.91 Å². The number of thiophene rings is 1. The predicted molar refractivity (Wildman–Crippen MR) is 105 cm³/mol. The van der Waals surface area contributed by atoms with Gasteiger partial charge in [-0.15, -0.1) is 11.3 Å². The molecule has 0 radical (unpaired) electrons. The van der Waals surface area contributed by atoms with Gasteiger partial charge in [0.2, 0.25) is 9.84 Å². The molecule has 0 fully saturated rings. The summed E-state index contributed by atoms with van der Waals surface area (Å²) < 4.78 is 64.1. The minimum atomic E-state index is -4.67. The zero-order valence-corrected chi connectivity index (χ0v) is 17.1. The Balaban J connectivity index is 1.84. The van der Waals surface area contributed by atoms with E-state index in [1.165, 1.54) is 30.3 Å². The number of hydrogen-bond acceptors (Lipinski definition) is 4. The molecule has 0 saturated heterocycles. The highest BCUT2D eigenvalue weighted by molar-refractivity contribution is 7.93. The van der Waals surface area contributed by atoms with Crippen molar-refractivity contribution in [1.29, 1.82) is 0 Å². The minimum Gasteiger partial charge on any atom is -0.321 e. The number of hydrogen-bond donors (Lipinski definition) is 1. The maximum absolute atomic E-state index is 12.9. The second-order valence-corrected chi connectivity index (χ2v) is 9.75. The van der Waals surface area contributed by atoms with Crippen LogP contribution >= 0.6 is 22.9 Å². The van der Waals surface area contributed by atoms with E-state index in [1.54, 1.807) is 12.1 Å². The van der Waals surface area contributed by atoms with Gasteiger partial charge in [-0.2, -0.15) is 13.2 Å². The van der Waals surface area contributed by atoms with Crippen LogP contribution in [0.3, 0.4) is 0 Å². The molecule has 0 bridgehead atoms. The van der Waals surface area contributed by atoms with Gasteiger partial charge in [-0.1, -0.05) is 29.3 Å². The molecule has 2 aromatic carbocycles. The summed E-state index contributed by atoms with van der Waals surface area (Å²) in [5.74, 6) is -0.726. The van der Waals surface area contributed by atoms with E-state index >= 15 is 0 Å². The van der Waals surface area contributed by atoms with E-state index in [2.05, 4.69) is 5.32 Å². The number of carbonyl (C=O) groups is 1. The lowest BCUT2D eigenvalue weighted by Gasteiger charge is -2.11. The number of benzene rings is 2. The van der Waals surface area contributed by atoms with Crippen LogP contribution in [0.2, 0.25) is 5.02 Å². The lowest BCUT2D eigenvalue weighted by Crippen LogP contribution is -2.12. The van der Waals surface area contributed by atoms with Crippen molar-refractivity contribution in [2.45, 2.75) is 22.2 Å². The highest BCUT2D eigenvalue weighted by Crippen LogP contribution is 2.36. The third-order valence-corrected chi connectivity index (χ3v) is 7.61. The van der Waals surface area contributed by atoms with Crippen LogP contribution in [0.15, 0.2) is 63.7 Å². The van der Waals surface area contributed by atoms with Crippen molar-refractivity contribution >= 4 is 44.4 Å². The Morgan fingerprint density at radius 1 is 1.03 bits per heavy atom. The van der Waals surface area contributed by atoms with Crippen molar-refractivity contribution in [2.75, 3.05) is 5.32 Å². The van der Waals surface area contributed by atoms with E-state index in [-0.39, 0.29) is 19.7 Å². The largest absolute Gasteiger partial charge is 0.417 e. The average molecular weight is 460 g/mol. The number of halogens is 4. The van der Waals surface area contributed by atoms with Gasteiger partial charge < -0.3 is 5.32 Å². The summed E-state index contributed by atoms with van der Waals surface area (Å²) in [6, 6.07) is 11.8. The lowest BCUT2D eigenvalue weighted by atomic mass is 10.2. The Hall–Kier alpha value is -2.36. The van der Waals surface area contributed by atoms with Crippen molar-refractivity contribution in [1.82, 2.24) is 0 Å². The monoisotopic (exact) mass is 459 g/mol. The normalized spacial score (nSPS) is 12.0. The van der Waals surface area contributed by atoms with Gasteiger partial charge >= 0.3 is 6.18 Å². The van der Waals surface area contributed by atoms with Crippen molar-refractivity contribution in [2.24, 2.45) is 0 Å². The molecule has 1 heterocycles. The van der Waals surface area contributed by atoms with Gasteiger partial charge in [0.05, 0.1) is 20.4 Å². The Morgan fingerprint density at radius 2 is 1.69 bits per heavy atom. The Morgan fingerprint density at radius 3 is 2.31 bits per heavy atom. The number of rotatable bonds is 4. The summed E-state index contributed by atoms with van der Waals surface area (Å²) in [7, 11) is -3.80. The van der Waals surface area contributed by atoms with Crippen LogP contribution in [0.1, 0.15) is 20.8 Å². The number of alkyl halides is 3. The summed E-state index contributed by atoms with van der Waals surface area (Å²) in [6.45, 7) is 1.82. The summed E-state index contributed by atoms with van der Waals surface area (Å²) in [5.41, 5.74) is -0.287. The molecule has 0 unspecified atom stereocenters. The molecule has 0 aliphatic carbocycles. The first-order chi connectivity index (χ1) is 13.5. The second-order valence-electron chi connectivity index (χ2n) is 6.08. The predicted octanol–water partition coefficient (Wildman–Crippen LogP) is 5.81. The van der Waals surface area contributed by atoms with E-state index < -0.39 is 32.5 Å². The first kappa shape index (κ1) is 21.4. The Bertz CT molecular complexity index is 1170. The van der Waals surface area contributed by atoms with Crippen LogP contribution in [0.25, 0.3) is 0 Å². The number of carbonyl (C=O) groups excluding carboxylic acids is 1. The fourth-order valence-corrected chi connectivity index (χ4v) is 5.26. The van der Waals surface area contributed by atoms with Gasteiger partial charge in [0, 0.05) is 5.69 Å². The van der Waals surface area contributed by atoms with Crippen molar-refractivity contribution < 1.29 is 26.4 Å². The maximum Gasteiger partial charge on any atom is 0.417 e. The number of nitrogens with one attached hydrogen (secondary N) is 1. The highest BCUT2D eigenvalue weighted by atomic mass is 35.5. The van der Waals surface area contributed by atoms with Gasteiger partial charge in [0.15, 0.2) is 0 Å². The smallest absolute Gasteiger partial charge is 0.321 e. The van der Waals surface area contributed by atoms with Crippen LogP contribution in [0.4, 0.5) is 18.9 Å². The van der Waals surface area contributed by atoms with Crippen LogP contribution < -0.4 is 5.32 Å². The number of aryl methyl sites for hydroxylation is 1. The second kappa shape index (κ2) is 7.81. The van der Waals surface area contributed by atoms with Crippen LogP contribution in [-0.4, -0.2) is 14.3 Å². The third-order valence-electron chi connectivity index (χ3n) is 3.93. The van der Waals surface area contributed by atoms with Gasteiger partial charge in [-0.25, -0.2) is 8.42 Å². The zero-order chi connectivity index (χ0) is 21.4. The van der Waals surface area contributed by atoms with E-state index in [0.29, 0.717) is 0 Å². The standard InChI is InChI=1S/C19H13ClF3NO3S2/c1-11-2-5-13(6-3-11)29(26,27)17-9-8-16(28-17)18(25)24-12-4-7-15(20)14(10-12)19(21,22)23/h2-10H,1H3,(H,24,25). The summed E-state index contributed by atoms with van der Waals surface area (Å²) in [5, 5.41) is 1.84. The summed E-state index contributed by atoms with van der Waals surface area (Å²) >= 11 is 6.29. The minimum absolute atomic E-state index is 0.0409. The van der Waals surface area contributed by atoms with Crippen LogP contribution in [0.5, 0.6) is 0 Å². The van der Waals surface area contributed by atoms with E-state index in [0.717, 1.165) is 29.0 Å². The van der Waals surface area contributed by atoms with Crippen molar-refractivity contribution in [3.05, 3.63) is 75.6 Å². The first-order valence-electron chi connectivity index (χ1n) is 8.08. The van der Waals surface area contributed by atoms with Gasteiger partial charge in [0.1, 0.15) is 4.21 Å². The molecule has 0 spiro atoms. The molecule has 0 atom stereocenters. The molecule has 0 saturated carbocycles. The molecule has 3 rings (SSSR count). The molecular formula is C19H13ClF3NO3S2. The summed E-state index contributed by atoms with van der Waals surface area (Å²) in [4.78, 5) is 12.5. The molecule has 1 aromatic heterocycles. The topological polar surface area (TPSA) is 63.2 Å². The Labute approximate surface area is 173 Å². The Kier molecular flexibility index (Phi) is 5.75. The van der Waals surface area contributed by atoms with E-state index in [1.807, 2.05) is 6.92 Å². The maximum atomic E-state index is 12.9. The van der Waals surface area contributed by atoms with E-state index in [4.69, 9.17) is 11.6 Å². The highest BCUT2D eigenvalue weighted by Gasteiger charge is 2.33. The molecule has 3 aromatic rings. The molecule has 0 aliphatic rings. The van der Waals surface area contributed by atoms with Crippen LogP contribution in [0, 0.1) is 6.92 Å². The zero-order valence-electron chi connectivity index (χ0n) is 14.7. The van der Waals surface area contributed by atoms with Crippen LogP contribution in [-0.2, 0) is 16.0 Å². The first-order valence-corrected chi connectivity index (χ1v) is 10.8. The molecule has 152 valence electrons. The third kappa shape index (κ3) is 4.63. The SMILES string of the molecule is Cc1ccc(S(=O)(=O)c2ccc(C(=O)Nc3ccc(Cl)c(C(F)(F)F)c3)s2)cc1. The summed E-state index contributed by atoms with van der Waals surface area (Å²) in [6.07, 6.45) is -4.67. The lowest BCUT2D eigenvalue weighted by molar-refractivity contribution is -0.137.